The van der Waals surface area contributed by atoms with Crippen molar-refractivity contribution in [3.8, 4) is 11.3 Å². The molecule has 5 nitrogen and oxygen atoms in total. The van der Waals surface area contributed by atoms with E-state index < -0.39 is 0 Å². The van der Waals surface area contributed by atoms with Crippen LogP contribution in [0.2, 0.25) is 5.02 Å². The van der Waals surface area contributed by atoms with E-state index in [9.17, 15) is 0 Å². The number of fused-ring (bicyclic) bond motifs is 1. The highest BCUT2D eigenvalue weighted by atomic mass is 35.5. The zero-order valence-electron chi connectivity index (χ0n) is 13.9. The molecule has 124 valence electrons. The highest BCUT2D eigenvalue weighted by Gasteiger charge is 2.26. The summed E-state index contributed by atoms with van der Waals surface area (Å²) in [5.74, 6) is 0.909. The van der Waals surface area contributed by atoms with Gasteiger partial charge in [0.15, 0.2) is 0 Å². The molecule has 1 fully saturated rings. The van der Waals surface area contributed by atoms with Gasteiger partial charge in [0.05, 0.1) is 11.9 Å². The summed E-state index contributed by atoms with van der Waals surface area (Å²) in [6.07, 6.45) is 4.20. The number of rotatable bonds is 2. The molecule has 2 aromatic heterocycles. The van der Waals surface area contributed by atoms with Crippen LogP contribution < -0.4 is 4.90 Å². The fourth-order valence-electron chi connectivity index (χ4n) is 3.10. The molecule has 4 rings (SSSR count). The van der Waals surface area contributed by atoms with Crippen LogP contribution in [0.15, 0.2) is 30.5 Å². The number of anilines is 1. The number of hydrogen-bond acceptors (Lipinski definition) is 4. The lowest BCUT2D eigenvalue weighted by Gasteiger charge is -2.37. The van der Waals surface area contributed by atoms with Crippen molar-refractivity contribution in [1.82, 2.24) is 20.2 Å². The van der Waals surface area contributed by atoms with E-state index in [-0.39, 0.29) is 0 Å². The van der Waals surface area contributed by atoms with Crippen molar-refractivity contribution in [3.05, 3.63) is 35.5 Å². The Morgan fingerprint density at radius 1 is 1.12 bits per heavy atom. The van der Waals surface area contributed by atoms with E-state index in [0.29, 0.717) is 16.1 Å². The Kier molecular flexibility index (Phi) is 3.68. The first-order chi connectivity index (χ1) is 11.5. The highest BCUT2D eigenvalue weighted by molar-refractivity contribution is 6.30. The number of nitrogens with zero attached hydrogens (tertiary/aromatic N) is 4. The van der Waals surface area contributed by atoms with Gasteiger partial charge in [0, 0.05) is 23.7 Å². The molecule has 3 heterocycles. The summed E-state index contributed by atoms with van der Waals surface area (Å²) >= 11 is 5.96. The van der Waals surface area contributed by atoms with Crippen molar-refractivity contribution in [3.63, 3.8) is 0 Å². The van der Waals surface area contributed by atoms with Crippen molar-refractivity contribution >= 4 is 28.6 Å². The standard InChI is InChI=1S/C18H20ClN5/c1-18(2)7-9-24(10-8-18)14-11-20-16-15(22-23-17(16)21-14)12-3-5-13(19)6-4-12/h3-6,11H,7-10H2,1-2H3,(H,21,22,23). The fourth-order valence-corrected chi connectivity index (χ4v) is 3.22. The molecule has 1 N–H and O–H groups in total. The lowest BCUT2D eigenvalue weighted by atomic mass is 9.83. The molecule has 1 aliphatic rings. The molecule has 6 heteroatoms. The first-order valence-corrected chi connectivity index (χ1v) is 8.62. The minimum atomic E-state index is 0.419. The number of H-pyrrole nitrogens is 1. The van der Waals surface area contributed by atoms with Gasteiger partial charge in [0.2, 0.25) is 5.65 Å². The average Bonchev–Trinajstić information content (AvgIpc) is 2.99. The topological polar surface area (TPSA) is 57.7 Å². The summed E-state index contributed by atoms with van der Waals surface area (Å²) in [7, 11) is 0. The van der Waals surface area contributed by atoms with E-state index >= 15 is 0 Å². The first kappa shape index (κ1) is 15.4. The maximum atomic E-state index is 5.96. The number of benzene rings is 1. The molecule has 0 atom stereocenters. The summed E-state index contributed by atoms with van der Waals surface area (Å²) in [6, 6.07) is 7.64. The Balaban J connectivity index is 1.65. The van der Waals surface area contributed by atoms with E-state index in [2.05, 4.69) is 33.9 Å². The van der Waals surface area contributed by atoms with Gasteiger partial charge in [0.25, 0.3) is 0 Å². The van der Waals surface area contributed by atoms with E-state index in [1.165, 1.54) is 12.8 Å². The maximum absolute atomic E-state index is 5.96. The number of aromatic nitrogens is 4. The molecule has 1 aromatic carbocycles. The Bertz CT molecular complexity index is 859. The van der Waals surface area contributed by atoms with E-state index in [1.807, 2.05) is 30.5 Å². The average molecular weight is 342 g/mol. The van der Waals surface area contributed by atoms with Crippen LogP contribution in [0.5, 0.6) is 0 Å². The van der Waals surface area contributed by atoms with E-state index in [0.717, 1.165) is 35.7 Å². The van der Waals surface area contributed by atoms with Gasteiger partial charge in [-0.2, -0.15) is 5.10 Å². The largest absolute Gasteiger partial charge is 0.355 e. The number of halogens is 1. The Hall–Kier alpha value is -2.14. The van der Waals surface area contributed by atoms with Gasteiger partial charge in [-0.25, -0.2) is 9.97 Å². The van der Waals surface area contributed by atoms with Crippen molar-refractivity contribution in [1.29, 1.82) is 0 Å². The van der Waals surface area contributed by atoms with Crippen molar-refractivity contribution in [2.24, 2.45) is 5.41 Å². The van der Waals surface area contributed by atoms with Gasteiger partial charge in [-0.05, 0) is 30.4 Å². The summed E-state index contributed by atoms with van der Waals surface area (Å²) in [5.41, 5.74) is 3.74. The summed E-state index contributed by atoms with van der Waals surface area (Å²) in [4.78, 5) is 11.6. The minimum Gasteiger partial charge on any atom is -0.355 e. The van der Waals surface area contributed by atoms with Gasteiger partial charge in [0.1, 0.15) is 11.3 Å². The molecule has 0 unspecified atom stereocenters. The molecular weight excluding hydrogens is 322 g/mol. The van der Waals surface area contributed by atoms with E-state index in [4.69, 9.17) is 16.6 Å². The van der Waals surface area contributed by atoms with Crippen LogP contribution in [0.25, 0.3) is 22.4 Å². The summed E-state index contributed by atoms with van der Waals surface area (Å²) in [6.45, 7) is 6.68. The van der Waals surface area contributed by atoms with Crippen LogP contribution >= 0.6 is 11.6 Å². The van der Waals surface area contributed by atoms with Crippen LogP contribution in [0.1, 0.15) is 26.7 Å². The molecule has 3 aromatic rings. The second-order valence-electron chi connectivity index (χ2n) is 7.16. The summed E-state index contributed by atoms with van der Waals surface area (Å²) in [5, 5.41) is 8.11. The van der Waals surface area contributed by atoms with Crippen LogP contribution in [0.3, 0.4) is 0 Å². The SMILES string of the molecule is CC1(C)CCN(c2cnc3c(-c4ccc(Cl)cc4)[nH]nc3n2)CC1. The number of nitrogens with one attached hydrogen (secondary N) is 1. The molecular formula is C18H20ClN5. The second-order valence-corrected chi connectivity index (χ2v) is 7.59. The van der Waals surface area contributed by atoms with Crippen LogP contribution in [0.4, 0.5) is 5.82 Å². The maximum Gasteiger partial charge on any atom is 0.202 e. The predicted octanol–water partition coefficient (Wildman–Crippen LogP) is 4.30. The lowest BCUT2D eigenvalue weighted by molar-refractivity contribution is 0.279. The minimum absolute atomic E-state index is 0.419. The monoisotopic (exact) mass is 341 g/mol. The molecule has 0 radical (unpaired) electrons. The van der Waals surface area contributed by atoms with Crippen LogP contribution in [-0.4, -0.2) is 33.3 Å². The quantitative estimate of drug-likeness (QED) is 0.755. The third-order valence-electron chi connectivity index (χ3n) is 4.83. The molecule has 1 saturated heterocycles. The van der Waals surface area contributed by atoms with Crippen molar-refractivity contribution in [2.45, 2.75) is 26.7 Å². The normalized spacial score (nSPS) is 17.4. The van der Waals surface area contributed by atoms with Crippen LogP contribution in [0, 0.1) is 5.41 Å². The molecule has 0 spiro atoms. The molecule has 0 saturated carbocycles. The second kappa shape index (κ2) is 5.74. The Morgan fingerprint density at radius 2 is 1.83 bits per heavy atom. The Morgan fingerprint density at radius 3 is 2.54 bits per heavy atom. The molecule has 0 bridgehead atoms. The number of aromatic amines is 1. The predicted molar refractivity (Wildman–Crippen MR) is 97.4 cm³/mol. The number of piperidine rings is 1. The van der Waals surface area contributed by atoms with Crippen molar-refractivity contribution < 1.29 is 0 Å². The van der Waals surface area contributed by atoms with Crippen LogP contribution in [-0.2, 0) is 0 Å². The van der Waals surface area contributed by atoms with Gasteiger partial charge >= 0.3 is 0 Å². The van der Waals surface area contributed by atoms with E-state index in [1.54, 1.807) is 0 Å². The van der Waals surface area contributed by atoms with Gasteiger partial charge in [-0.1, -0.05) is 37.6 Å². The van der Waals surface area contributed by atoms with Gasteiger partial charge in [-0.15, -0.1) is 0 Å². The molecule has 0 amide bonds. The molecule has 1 aliphatic heterocycles. The lowest BCUT2D eigenvalue weighted by Crippen LogP contribution is -2.37. The zero-order chi connectivity index (χ0) is 16.7. The highest BCUT2D eigenvalue weighted by Crippen LogP contribution is 2.32. The molecule has 24 heavy (non-hydrogen) atoms. The zero-order valence-corrected chi connectivity index (χ0v) is 14.6. The fraction of sp³-hybridized carbons (Fsp3) is 0.389. The summed E-state index contributed by atoms with van der Waals surface area (Å²) < 4.78 is 0. The third-order valence-corrected chi connectivity index (χ3v) is 5.08. The van der Waals surface area contributed by atoms with Crippen molar-refractivity contribution in [2.75, 3.05) is 18.0 Å². The van der Waals surface area contributed by atoms with Gasteiger partial charge < -0.3 is 4.90 Å². The molecule has 0 aliphatic carbocycles. The van der Waals surface area contributed by atoms with Gasteiger partial charge in [-0.3, -0.25) is 5.10 Å². The smallest absolute Gasteiger partial charge is 0.202 e. The third kappa shape index (κ3) is 2.84. The number of hydrogen-bond donors (Lipinski definition) is 1. The first-order valence-electron chi connectivity index (χ1n) is 8.24. The Labute approximate surface area is 146 Å².